The Bertz CT molecular complexity index is 1160. The van der Waals surface area contributed by atoms with Crippen LogP contribution in [0, 0.1) is 0 Å². The molecule has 1 atom stereocenters. The number of carbonyl (C=O) groups is 2. The van der Waals surface area contributed by atoms with Gasteiger partial charge < -0.3 is 20.3 Å². The maximum absolute atomic E-state index is 13.3. The number of amides is 2. The average molecular weight is 458 g/mol. The SMILES string of the molecule is CCc1ccc(NC(=O)c2ccc3c(c2)C(=O)N(CCOC)[C@H]3Nc2ccc(CC)cc2)cc1. The largest absolute Gasteiger partial charge is 0.383 e. The van der Waals surface area contributed by atoms with Crippen LogP contribution in [0.3, 0.4) is 0 Å². The van der Waals surface area contributed by atoms with E-state index in [9.17, 15) is 9.59 Å². The Balaban J connectivity index is 1.58. The van der Waals surface area contributed by atoms with E-state index in [1.807, 2.05) is 42.5 Å². The number of hydrogen-bond acceptors (Lipinski definition) is 4. The number of carbonyl (C=O) groups excluding carboxylic acids is 2. The van der Waals surface area contributed by atoms with Crippen LogP contribution in [0.15, 0.2) is 66.7 Å². The van der Waals surface area contributed by atoms with Gasteiger partial charge in [-0.3, -0.25) is 9.59 Å². The molecule has 2 N–H and O–H groups in total. The molecule has 0 aliphatic carbocycles. The third-order valence-corrected chi connectivity index (χ3v) is 6.23. The topological polar surface area (TPSA) is 70.7 Å². The molecule has 0 aromatic heterocycles. The number of benzene rings is 3. The summed E-state index contributed by atoms with van der Waals surface area (Å²) in [6.07, 6.45) is 1.58. The van der Waals surface area contributed by atoms with E-state index in [2.05, 4.69) is 36.6 Å². The normalized spacial score (nSPS) is 14.7. The smallest absolute Gasteiger partial charge is 0.256 e. The second-order valence-electron chi connectivity index (χ2n) is 8.40. The number of nitrogens with one attached hydrogen (secondary N) is 2. The molecule has 0 fully saturated rings. The molecular formula is C28H31N3O3. The predicted octanol–water partition coefficient (Wildman–Crippen LogP) is 5.28. The van der Waals surface area contributed by atoms with Crippen molar-refractivity contribution in [2.45, 2.75) is 32.9 Å². The number of fused-ring (bicyclic) bond motifs is 1. The van der Waals surface area contributed by atoms with E-state index in [4.69, 9.17) is 4.74 Å². The molecule has 176 valence electrons. The molecule has 0 saturated carbocycles. The Morgan fingerprint density at radius 1 is 0.912 bits per heavy atom. The number of anilines is 2. The van der Waals surface area contributed by atoms with Gasteiger partial charge in [0, 0.05) is 41.7 Å². The van der Waals surface area contributed by atoms with Gasteiger partial charge in [-0.15, -0.1) is 0 Å². The summed E-state index contributed by atoms with van der Waals surface area (Å²) in [6.45, 7) is 5.08. The zero-order valence-electron chi connectivity index (χ0n) is 19.9. The van der Waals surface area contributed by atoms with E-state index in [-0.39, 0.29) is 18.0 Å². The number of rotatable bonds is 9. The van der Waals surface area contributed by atoms with Gasteiger partial charge >= 0.3 is 0 Å². The van der Waals surface area contributed by atoms with Crippen LogP contribution in [0.25, 0.3) is 0 Å². The average Bonchev–Trinajstić information content (AvgIpc) is 3.13. The molecule has 1 aliphatic heterocycles. The zero-order chi connectivity index (χ0) is 24.1. The molecule has 4 rings (SSSR count). The van der Waals surface area contributed by atoms with Crippen LogP contribution in [-0.2, 0) is 17.6 Å². The summed E-state index contributed by atoms with van der Waals surface area (Å²) in [4.78, 5) is 28.0. The first-order valence-corrected chi connectivity index (χ1v) is 11.7. The van der Waals surface area contributed by atoms with Crippen LogP contribution < -0.4 is 10.6 Å². The third-order valence-electron chi connectivity index (χ3n) is 6.23. The Morgan fingerprint density at radius 3 is 2.12 bits per heavy atom. The summed E-state index contributed by atoms with van der Waals surface area (Å²) in [5.74, 6) is -0.355. The van der Waals surface area contributed by atoms with Crippen LogP contribution in [0.1, 0.15) is 57.4 Å². The number of hydrogen-bond donors (Lipinski definition) is 2. The van der Waals surface area contributed by atoms with Gasteiger partial charge in [0.25, 0.3) is 11.8 Å². The van der Waals surface area contributed by atoms with Crippen molar-refractivity contribution in [2.24, 2.45) is 0 Å². The lowest BCUT2D eigenvalue weighted by atomic mass is 10.0. The molecule has 6 heteroatoms. The Morgan fingerprint density at radius 2 is 1.53 bits per heavy atom. The first kappa shape index (κ1) is 23.5. The van der Waals surface area contributed by atoms with Gasteiger partial charge in [-0.25, -0.2) is 0 Å². The maximum Gasteiger partial charge on any atom is 0.256 e. The van der Waals surface area contributed by atoms with Gasteiger partial charge in [0.15, 0.2) is 0 Å². The summed E-state index contributed by atoms with van der Waals surface area (Å²) < 4.78 is 5.24. The molecule has 0 unspecified atom stereocenters. The highest BCUT2D eigenvalue weighted by Gasteiger charge is 2.37. The van der Waals surface area contributed by atoms with E-state index >= 15 is 0 Å². The standard InChI is InChI=1S/C28H31N3O3/c1-4-19-6-11-22(12-7-19)29-26-24-15-10-21(18-25(24)28(33)31(26)16-17-34-3)27(32)30-23-13-8-20(5-2)9-14-23/h6-15,18,26,29H,4-5,16-17H2,1-3H3,(H,30,32)/t26-/m1/s1. The van der Waals surface area contributed by atoms with Gasteiger partial charge in [-0.1, -0.05) is 44.2 Å². The van der Waals surface area contributed by atoms with Gasteiger partial charge in [-0.05, 0) is 60.4 Å². The number of aryl methyl sites for hydroxylation is 2. The minimum Gasteiger partial charge on any atom is -0.383 e. The summed E-state index contributed by atoms with van der Waals surface area (Å²) in [6, 6.07) is 21.3. The van der Waals surface area contributed by atoms with Crippen molar-refractivity contribution < 1.29 is 14.3 Å². The second-order valence-corrected chi connectivity index (χ2v) is 8.40. The molecule has 0 radical (unpaired) electrons. The lowest BCUT2D eigenvalue weighted by molar-refractivity contribution is 0.0674. The highest BCUT2D eigenvalue weighted by Crippen LogP contribution is 2.35. The number of ether oxygens (including phenoxy) is 1. The number of methoxy groups -OCH3 is 1. The van der Waals surface area contributed by atoms with E-state index < -0.39 is 0 Å². The zero-order valence-corrected chi connectivity index (χ0v) is 19.9. The van der Waals surface area contributed by atoms with Crippen LogP contribution in [0.4, 0.5) is 11.4 Å². The molecule has 34 heavy (non-hydrogen) atoms. The van der Waals surface area contributed by atoms with Crippen LogP contribution in [0.2, 0.25) is 0 Å². The van der Waals surface area contributed by atoms with Crippen molar-refractivity contribution in [1.29, 1.82) is 0 Å². The van der Waals surface area contributed by atoms with Crippen molar-refractivity contribution in [3.05, 3.63) is 94.5 Å². The molecule has 6 nitrogen and oxygen atoms in total. The fourth-order valence-corrected chi connectivity index (χ4v) is 4.16. The maximum atomic E-state index is 13.3. The van der Waals surface area contributed by atoms with Gasteiger partial charge in [0.2, 0.25) is 0 Å². The summed E-state index contributed by atoms with van der Waals surface area (Å²) in [7, 11) is 1.62. The van der Waals surface area contributed by atoms with Crippen molar-refractivity contribution in [3.63, 3.8) is 0 Å². The van der Waals surface area contributed by atoms with Crippen molar-refractivity contribution in [2.75, 3.05) is 30.9 Å². The van der Waals surface area contributed by atoms with Gasteiger partial charge in [0.1, 0.15) is 6.17 Å². The molecule has 0 saturated heterocycles. The summed E-state index contributed by atoms with van der Waals surface area (Å²) >= 11 is 0. The highest BCUT2D eigenvalue weighted by atomic mass is 16.5. The van der Waals surface area contributed by atoms with Gasteiger partial charge in [0.05, 0.1) is 6.61 Å². The Hall–Kier alpha value is -3.64. The summed E-state index contributed by atoms with van der Waals surface area (Å²) in [5.41, 5.74) is 5.96. The van der Waals surface area contributed by atoms with Crippen LogP contribution >= 0.6 is 0 Å². The molecule has 1 aliphatic rings. The van der Waals surface area contributed by atoms with Crippen LogP contribution in [0.5, 0.6) is 0 Å². The quantitative estimate of drug-likeness (QED) is 0.459. The summed E-state index contributed by atoms with van der Waals surface area (Å²) in [5, 5.41) is 6.41. The van der Waals surface area contributed by atoms with Crippen molar-refractivity contribution >= 4 is 23.2 Å². The van der Waals surface area contributed by atoms with Crippen molar-refractivity contribution in [1.82, 2.24) is 4.90 Å². The van der Waals surface area contributed by atoms with E-state index in [0.29, 0.717) is 24.3 Å². The Labute approximate surface area is 200 Å². The molecule has 3 aromatic rings. The molecule has 3 aromatic carbocycles. The fraction of sp³-hybridized carbons (Fsp3) is 0.286. The molecule has 0 spiro atoms. The third kappa shape index (κ3) is 4.97. The minimum absolute atomic E-state index is 0.114. The van der Waals surface area contributed by atoms with Crippen LogP contribution in [-0.4, -0.2) is 37.0 Å². The molecular weight excluding hydrogens is 426 g/mol. The highest BCUT2D eigenvalue weighted by molar-refractivity contribution is 6.07. The predicted molar refractivity (Wildman–Crippen MR) is 135 cm³/mol. The fourth-order valence-electron chi connectivity index (χ4n) is 4.16. The molecule has 2 amide bonds. The lowest BCUT2D eigenvalue weighted by Gasteiger charge is -2.27. The minimum atomic E-state index is -0.330. The molecule has 1 heterocycles. The monoisotopic (exact) mass is 457 g/mol. The Kier molecular flexibility index (Phi) is 7.28. The van der Waals surface area contributed by atoms with Crippen molar-refractivity contribution in [3.8, 4) is 0 Å². The van der Waals surface area contributed by atoms with E-state index in [0.717, 1.165) is 29.8 Å². The van der Waals surface area contributed by atoms with Gasteiger partial charge in [-0.2, -0.15) is 0 Å². The molecule has 0 bridgehead atoms. The number of nitrogens with zero attached hydrogens (tertiary/aromatic N) is 1. The first-order valence-electron chi connectivity index (χ1n) is 11.7. The van der Waals surface area contributed by atoms with E-state index in [1.165, 1.54) is 11.1 Å². The first-order chi connectivity index (χ1) is 16.5. The van der Waals surface area contributed by atoms with E-state index in [1.54, 1.807) is 24.1 Å². The second kappa shape index (κ2) is 10.5. The lowest BCUT2D eigenvalue weighted by Crippen LogP contribution is -2.34.